The van der Waals surface area contributed by atoms with Gasteiger partial charge in [0.15, 0.2) is 0 Å². The predicted octanol–water partition coefficient (Wildman–Crippen LogP) is -0.712. The van der Waals surface area contributed by atoms with Crippen LogP contribution in [0.5, 0.6) is 0 Å². The molecule has 7 nitrogen and oxygen atoms in total. The number of aliphatic hydroxyl groups is 2. The summed E-state index contributed by atoms with van der Waals surface area (Å²) >= 11 is 0. The highest BCUT2D eigenvalue weighted by Crippen LogP contribution is 1.83. The molecule has 0 spiro atoms. The molecule has 0 saturated heterocycles. The topological polar surface area (TPSA) is 113 Å². The van der Waals surface area contributed by atoms with E-state index in [2.05, 4.69) is 0 Å². The Morgan fingerprint density at radius 1 is 0.941 bits per heavy atom. The van der Waals surface area contributed by atoms with E-state index >= 15 is 0 Å². The molecule has 0 rings (SSSR count). The molecule has 0 aliphatic carbocycles. The molecule has 0 aromatic rings. The highest BCUT2D eigenvalue weighted by atomic mass is 32.2. The summed E-state index contributed by atoms with van der Waals surface area (Å²) in [6, 6.07) is 0. The van der Waals surface area contributed by atoms with Crippen molar-refractivity contribution >= 4 is 10.1 Å². The van der Waals surface area contributed by atoms with Crippen molar-refractivity contribution in [3.05, 3.63) is 0 Å². The predicted molar refractivity (Wildman–Crippen MR) is 62.5 cm³/mol. The molecule has 0 atom stereocenters. The summed E-state index contributed by atoms with van der Waals surface area (Å²) in [6.45, 7) is 3.42. The summed E-state index contributed by atoms with van der Waals surface area (Å²) in [4.78, 5) is 0. The Morgan fingerprint density at radius 3 is 1.53 bits per heavy atom. The van der Waals surface area contributed by atoms with Crippen molar-refractivity contribution in [3.63, 3.8) is 0 Å². The molecule has 3 N–H and O–H groups in total. The van der Waals surface area contributed by atoms with E-state index in [1.54, 1.807) is 6.92 Å². The third-order valence-corrected chi connectivity index (χ3v) is 2.23. The van der Waals surface area contributed by atoms with Crippen LogP contribution in [0.1, 0.15) is 13.3 Å². The van der Waals surface area contributed by atoms with Crippen LogP contribution in [0.2, 0.25) is 0 Å². The fraction of sp³-hybridized carbons (Fsp3) is 1.00. The summed E-state index contributed by atoms with van der Waals surface area (Å²) in [7, 11) is -3.67. The number of aliphatic hydroxyl groups excluding tert-OH is 2. The van der Waals surface area contributed by atoms with Crippen LogP contribution in [0.4, 0.5) is 0 Å². The van der Waals surface area contributed by atoms with Crippen LogP contribution in [0.15, 0.2) is 0 Å². The van der Waals surface area contributed by atoms with Gasteiger partial charge in [0.05, 0.1) is 45.4 Å². The summed E-state index contributed by atoms with van der Waals surface area (Å²) in [6.07, 6.45) is 0.471. The van der Waals surface area contributed by atoms with Crippen molar-refractivity contribution in [1.82, 2.24) is 0 Å². The molecule has 0 amide bonds. The van der Waals surface area contributed by atoms with Gasteiger partial charge in [-0.2, -0.15) is 8.42 Å². The van der Waals surface area contributed by atoms with Gasteiger partial charge in [-0.05, 0) is 6.42 Å². The summed E-state index contributed by atoms with van der Waals surface area (Å²) < 4.78 is 37.3. The fourth-order valence-electron chi connectivity index (χ4n) is 0.709. The molecule has 0 fully saturated rings. The van der Waals surface area contributed by atoms with E-state index in [4.69, 9.17) is 24.2 Å². The van der Waals surface area contributed by atoms with Gasteiger partial charge in [-0.1, -0.05) is 6.92 Å². The lowest BCUT2D eigenvalue weighted by atomic mass is 10.6. The molecule has 106 valence electrons. The average molecular weight is 274 g/mol. The van der Waals surface area contributed by atoms with Gasteiger partial charge in [0.1, 0.15) is 0 Å². The molecule has 0 heterocycles. The van der Waals surface area contributed by atoms with Crippen LogP contribution in [0.3, 0.4) is 0 Å². The number of ether oxygens (including phenoxy) is 2. The third kappa shape index (κ3) is 25.8. The average Bonchev–Trinajstić information content (AvgIpc) is 2.22. The second-order valence-electron chi connectivity index (χ2n) is 2.96. The van der Waals surface area contributed by atoms with Gasteiger partial charge < -0.3 is 19.7 Å². The molecule has 0 saturated carbocycles. The molecule has 17 heavy (non-hydrogen) atoms. The number of hydrogen-bond acceptors (Lipinski definition) is 6. The maximum Gasteiger partial charge on any atom is 0.264 e. The van der Waals surface area contributed by atoms with Crippen LogP contribution < -0.4 is 0 Å². The van der Waals surface area contributed by atoms with Crippen LogP contribution >= 0.6 is 0 Å². The van der Waals surface area contributed by atoms with Crippen LogP contribution in [-0.4, -0.2) is 68.6 Å². The van der Waals surface area contributed by atoms with Crippen LogP contribution in [0.25, 0.3) is 0 Å². The second kappa shape index (κ2) is 13.8. The molecule has 0 aliphatic heterocycles. The first-order valence-electron chi connectivity index (χ1n) is 5.30. The molecule has 8 heteroatoms. The van der Waals surface area contributed by atoms with E-state index in [0.29, 0.717) is 32.8 Å². The van der Waals surface area contributed by atoms with E-state index < -0.39 is 10.1 Å². The molecule has 0 unspecified atom stereocenters. The van der Waals surface area contributed by atoms with Gasteiger partial charge in [-0.25, -0.2) is 0 Å². The van der Waals surface area contributed by atoms with E-state index in [1.807, 2.05) is 0 Å². The van der Waals surface area contributed by atoms with E-state index in [1.165, 1.54) is 0 Å². The van der Waals surface area contributed by atoms with Crippen molar-refractivity contribution in [1.29, 1.82) is 0 Å². The van der Waals surface area contributed by atoms with Crippen molar-refractivity contribution < 1.29 is 32.7 Å². The first kappa shape index (κ1) is 19.1. The Morgan fingerprint density at radius 2 is 1.35 bits per heavy atom. The van der Waals surface area contributed by atoms with Gasteiger partial charge in [-0.3, -0.25) is 4.55 Å². The number of rotatable bonds is 9. The van der Waals surface area contributed by atoms with E-state index in [9.17, 15) is 8.42 Å². The largest absolute Gasteiger partial charge is 0.394 e. The monoisotopic (exact) mass is 274 g/mol. The highest BCUT2D eigenvalue weighted by molar-refractivity contribution is 7.85. The van der Waals surface area contributed by atoms with Gasteiger partial charge in [0.2, 0.25) is 0 Å². The fourth-order valence-corrected chi connectivity index (χ4v) is 1.22. The van der Waals surface area contributed by atoms with Crippen LogP contribution in [-0.2, 0) is 19.6 Å². The molecular formula is C9H22O7S. The SMILES string of the molecule is CCCS(=O)(=O)O.OCCOCCOCCO. The third-order valence-electron chi connectivity index (χ3n) is 1.31. The summed E-state index contributed by atoms with van der Waals surface area (Å²) in [5, 5.41) is 16.5. The van der Waals surface area contributed by atoms with Gasteiger partial charge in [-0.15, -0.1) is 0 Å². The Bertz CT molecular complexity index is 219. The Balaban J connectivity index is 0. The van der Waals surface area contributed by atoms with Crippen molar-refractivity contribution in [2.45, 2.75) is 13.3 Å². The minimum atomic E-state index is -3.67. The Hall–Kier alpha value is -0.250. The first-order chi connectivity index (χ1) is 7.97. The molecule has 0 radical (unpaired) electrons. The van der Waals surface area contributed by atoms with Crippen molar-refractivity contribution in [3.8, 4) is 0 Å². The van der Waals surface area contributed by atoms with Gasteiger partial charge in [0, 0.05) is 0 Å². The Labute approximate surface area is 102 Å². The summed E-state index contributed by atoms with van der Waals surface area (Å²) in [5.41, 5.74) is 0. The lowest BCUT2D eigenvalue weighted by Gasteiger charge is -2.01. The zero-order valence-corrected chi connectivity index (χ0v) is 10.9. The van der Waals surface area contributed by atoms with Crippen molar-refractivity contribution in [2.24, 2.45) is 0 Å². The van der Waals surface area contributed by atoms with Crippen molar-refractivity contribution in [2.75, 3.05) is 45.4 Å². The second-order valence-corrected chi connectivity index (χ2v) is 4.53. The quantitative estimate of drug-likeness (QED) is 0.376. The molecule has 0 bridgehead atoms. The van der Waals surface area contributed by atoms with E-state index in [0.717, 1.165) is 0 Å². The highest BCUT2D eigenvalue weighted by Gasteiger charge is 1.98. The standard InChI is InChI=1S/C6H14O4.C3H8O3S/c7-1-3-9-5-6-10-4-2-8;1-2-3-7(4,5)6/h7-8H,1-6H2;2-3H2,1H3,(H,4,5,6). The molecular weight excluding hydrogens is 252 g/mol. The maximum atomic E-state index is 9.79. The number of hydrogen-bond donors (Lipinski definition) is 3. The zero-order valence-electron chi connectivity index (χ0n) is 10.0. The van der Waals surface area contributed by atoms with Gasteiger partial charge >= 0.3 is 0 Å². The zero-order chi connectivity index (χ0) is 13.6. The minimum Gasteiger partial charge on any atom is -0.394 e. The molecule has 0 aromatic carbocycles. The Kier molecular flexibility index (Phi) is 15.5. The smallest absolute Gasteiger partial charge is 0.264 e. The lowest BCUT2D eigenvalue weighted by molar-refractivity contribution is 0.0222. The molecule has 0 aliphatic rings. The molecule has 0 aromatic heterocycles. The first-order valence-corrected chi connectivity index (χ1v) is 6.91. The summed E-state index contributed by atoms with van der Waals surface area (Å²) in [5.74, 6) is -0.132. The lowest BCUT2D eigenvalue weighted by Crippen LogP contribution is -2.09. The minimum absolute atomic E-state index is 0.0417. The van der Waals surface area contributed by atoms with Crippen LogP contribution in [0, 0.1) is 0 Å². The van der Waals surface area contributed by atoms with E-state index in [-0.39, 0.29) is 19.0 Å². The van der Waals surface area contributed by atoms with Gasteiger partial charge in [0.25, 0.3) is 10.1 Å². The maximum absolute atomic E-state index is 9.79. The normalized spacial score (nSPS) is 10.8.